The monoisotopic (exact) mass is 477 g/mol. The Labute approximate surface area is 195 Å². The number of hydrogen-bond donors (Lipinski definition) is 1. The van der Waals surface area contributed by atoms with Gasteiger partial charge < -0.3 is 10.2 Å². The van der Waals surface area contributed by atoms with Crippen molar-refractivity contribution >= 4 is 27.5 Å². The molecule has 180 valence electrons. The van der Waals surface area contributed by atoms with Crippen LogP contribution in [0.15, 0.2) is 48.5 Å². The summed E-state index contributed by atoms with van der Waals surface area (Å²) >= 11 is 0. The number of carbonyl (C=O) groups is 2. The maximum Gasteiger partial charge on any atom is 0.244 e. The van der Waals surface area contributed by atoms with E-state index < -0.39 is 34.3 Å². The molecular formula is C24H32FN3O4S. The van der Waals surface area contributed by atoms with Crippen LogP contribution in [-0.4, -0.2) is 50.5 Å². The summed E-state index contributed by atoms with van der Waals surface area (Å²) in [5.41, 5.74) is 1.54. The smallest absolute Gasteiger partial charge is 0.244 e. The van der Waals surface area contributed by atoms with Crippen LogP contribution in [0.3, 0.4) is 0 Å². The third-order valence-electron chi connectivity index (χ3n) is 5.40. The molecule has 0 aliphatic heterocycles. The largest absolute Gasteiger partial charge is 0.354 e. The Morgan fingerprint density at radius 3 is 2.33 bits per heavy atom. The van der Waals surface area contributed by atoms with Gasteiger partial charge in [-0.3, -0.25) is 13.9 Å². The number of rotatable bonds is 11. The van der Waals surface area contributed by atoms with Crippen LogP contribution in [0.2, 0.25) is 0 Å². The van der Waals surface area contributed by atoms with E-state index in [2.05, 4.69) is 5.32 Å². The third-order valence-corrected chi connectivity index (χ3v) is 6.53. The molecule has 1 atom stereocenters. The van der Waals surface area contributed by atoms with Crippen molar-refractivity contribution in [2.75, 3.05) is 23.7 Å². The average Bonchev–Trinajstić information content (AvgIpc) is 2.76. The quantitative estimate of drug-likeness (QED) is 0.504. The van der Waals surface area contributed by atoms with E-state index in [4.69, 9.17) is 0 Å². The number of aryl methyl sites for hydroxylation is 1. The lowest BCUT2D eigenvalue weighted by atomic mass is 10.1. The van der Waals surface area contributed by atoms with Gasteiger partial charge in [0.15, 0.2) is 0 Å². The van der Waals surface area contributed by atoms with Crippen LogP contribution in [-0.2, 0) is 26.2 Å². The van der Waals surface area contributed by atoms with E-state index in [1.54, 1.807) is 6.92 Å². The van der Waals surface area contributed by atoms with Gasteiger partial charge in [-0.15, -0.1) is 0 Å². The standard InChI is InChI=1S/C24H32FN3O4S/c1-5-6-15-26-24(30)19(3)27(16-20-12-8-7-11-18(20)2)23(29)17-28(33(4,31)32)22-14-10-9-13-21(22)25/h7-14,19H,5-6,15-17H2,1-4H3,(H,26,30). The fourth-order valence-electron chi connectivity index (χ4n) is 3.34. The molecule has 0 saturated heterocycles. The van der Waals surface area contributed by atoms with E-state index in [1.165, 1.54) is 23.1 Å². The lowest BCUT2D eigenvalue weighted by molar-refractivity contribution is -0.139. The zero-order valence-electron chi connectivity index (χ0n) is 19.5. The van der Waals surface area contributed by atoms with Crippen LogP contribution in [0, 0.1) is 12.7 Å². The normalized spacial score (nSPS) is 12.2. The number of sulfonamides is 1. The van der Waals surface area contributed by atoms with Crippen molar-refractivity contribution in [2.24, 2.45) is 0 Å². The maximum atomic E-state index is 14.4. The summed E-state index contributed by atoms with van der Waals surface area (Å²) in [7, 11) is -3.97. The lowest BCUT2D eigenvalue weighted by Gasteiger charge is -2.32. The number of halogens is 1. The molecule has 0 aliphatic carbocycles. The molecular weight excluding hydrogens is 445 g/mol. The Kier molecular flexibility index (Phi) is 9.40. The molecule has 1 unspecified atom stereocenters. The van der Waals surface area contributed by atoms with Crippen molar-refractivity contribution < 1.29 is 22.4 Å². The van der Waals surface area contributed by atoms with Gasteiger partial charge in [0.1, 0.15) is 18.4 Å². The molecule has 2 aromatic carbocycles. The second kappa shape index (κ2) is 11.8. The number of benzene rings is 2. The molecule has 1 N–H and O–H groups in total. The van der Waals surface area contributed by atoms with Gasteiger partial charge in [0.25, 0.3) is 0 Å². The average molecular weight is 478 g/mol. The zero-order chi connectivity index (χ0) is 24.6. The van der Waals surface area contributed by atoms with Gasteiger partial charge in [-0.2, -0.15) is 0 Å². The lowest BCUT2D eigenvalue weighted by Crippen LogP contribution is -2.51. The summed E-state index contributed by atoms with van der Waals surface area (Å²) in [6, 6.07) is 12.0. The number of unbranched alkanes of at least 4 members (excludes halogenated alkanes) is 1. The summed E-state index contributed by atoms with van der Waals surface area (Å²) in [6.45, 7) is 5.47. The van der Waals surface area contributed by atoms with Crippen molar-refractivity contribution in [3.63, 3.8) is 0 Å². The van der Waals surface area contributed by atoms with Crippen LogP contribution < -0.4 is 9.62 Å². The Hall–Kier alpha value is -2.94. The zero-order valence-corrected chi connectivity index (χ0v) is 20.4. The molecule has 0 radical (unpaired) electrons. The summed E-state index contributed by atoms with van der Waals surface area (Å²) in [4.78, 5) is 27.5. The number of nitrogens with one attached hydrogen (secondary N) is 1. The molecule has 0 bridgehead atoms. The number of carbonyl (C=O) groups excluding carboxylic acids is 2. The van der Waals surface area contributed by atoms with Crippen molar-refractivity contribution in [1.29, 1.82) is 0 Å². The molecule has 9 heteroatoms. The molecule has 2 rings (SSSR count). The highest BCUT2D eigenvalue weighted by Crippen LogP contribution is 2.22. The first-order valence-electron chi connectivity index (χ1n) is 10.9. The van der Waals surface area contributed by atoms with Crippen LogP contribution in [0.4, 0.5) is 10.1 Å². The highest BCUT2D eigenvalue weighted by molar-refractivity contribution is 7.92. The minimum absolute atomic E-state index is 0.114. The fourth-order valence-corrected chi connectivity index (χ4v) is 4.19. The first kappa shape index (κ1) is 26.3. The molecule has 0 heterocycles. The minimum atomic E-state index is -3.97. The van der Waals surface area contributed by atoms with E-state index in [9.17, 15) is 22.4 Å². The van der Waals surface area contributed by atoms with E-state index in [-0.39, 0.29) is 18.1 Å². The second-order valence-electron chi connectivity index (χ2n) is 7.99. The summed E-state index contributed by atoms with van der Waals surface area (Å²) in [5.74, 6) is -1.70. The van der Waals surface area contributed by atoms with Crippen molar-refractivity contribution in [1.82, 2.24) is 10.2 Å². The first-order chi connectivity index (χ1) is 15.6. The van der Waals surface area contributed by atoms with Gasteiger partial charge in [0.05, 0.1) is 11.9 Å². The van der Waals surface area contributed by atoms with Gasteiger partial charge in [-0.25, -0.2) is 12.8 Å². The van der Waals surface area contributed by atoms with Gasteiger partial charge in [0.2, 0.25) is 21.8 Å². The first-order valence-corrected chi connectivity index (χ1v) is 12.7. The molecule has 7 nitrogen and oxygen atoms in total. The Morgan fingerprint density at radius 1 is 1.09 bits per heavy atom. The van der Waals surface area contributed by atoms with E-state index in [0.717, 1.165) is 40.6 Å². The predicted octanol–water partition coefficient (Wildman–Crippen LogP) is 3.23. The number of para-hydroxylation sites is 1. The second-order valence-corrected chi connectivity index (χ2v) is 9.90. The van der Waals surface area contributed by atoms with Crippen molar-refractivity contribution in [3.05, 3.63) is 65.5 Å². The highest BCUT2D eigenvalue weighted by atomic mass is 32.2. The number of nitrogens with zero attached hydrogens (tertiary/aromatic N) is 2. The summed E-state index contributed by atoms with van der Waals surface area (Å²) < 4.78 is 40.0. The van der Waals surface area contributed by atoms with Crippen LogP contribution >= 0.6 is 0 Å². The number of anilines is 1. The molecule has 0 aliphatic rings. The van der Waals surface area contributed by atoms with E-state index >= 15 is 0 Å². The Bertz CT molecular complexity index is 1070. The molecule has 0 fully saturated rings. The predicted molar refractivity (Wildman–Crippen MR) is 128 cm³/mol. The minimum Gasteiger partial charge on any atom is -0.354 e. The third kappa shape index (κ3) is 7.28. The number of amides is 2. The topological polar surface area (TPSA) is 86.8 Å². The molecule has 0 spiro atoms. The maximum absolute atomic E-state index is 14.4. The summed E-state index contributed by atoms with van der Waals surface area (Å²) in [5, 5.41) is 2.82. The molecule has 2 amide bonds. The fraction of sp³-hybridized carbons (Fsp3) is 0.417. The van der Waals surface area contributed by atoms with E-state index in [0.29, 0.717) is 6.54 Å². The van der Waals surface area contributed by atoms with Crippen LogP contribution in [0.25, 0.3) is 0 Å². The molecule has 2 aromatic rings. The Balaban J connectivity index is 2.37. The van der Waals surface area contributed by atoms with E-state index in [1.807, 2.05) is 38.1 Å². The molecule has 0 aromatic heterocycles. The Morgan fingerprint density at radius 2 is 1.73 bits per heavy atom. The molecule has 0 saturated carbocycles. The SMILES string of the molecule is CCCCNC(=O)C(C)N(Cc1ccccc1C)C(=O)CN(c1ccccc1F)S(C)(=O)=O. The summed E-state index contributed by atoms with van der Waals surface area (Å²) in [6.07, 6.45) is 2.63. The van der Waals surface area contributed by atoms with Gasteiger partial charge >= 0.3 is 0 Å². The van der Waals surface area contributed by atoms with Gasteiger partial charge in [0, 0.05) is 13.1 Å². The van der Waals surface area contributed by atoms with Crippen LogP contribution in [0.5, 0.6) is 0 Å². The molecule has 33 heavy (non-hydrogen) atoms. The van der Waals surface area contributed by atoms with Crippen LogP contribution in [0.1, 0.15) is 37.8 Å². The van der Waals surface area contributed by atoms with Crippen molar-refractivity contribution in [2.45, 2.75) is 46.2 Å². The van der Waals surface area contributed by atoms with Gasteiger partial charge in [-0.1, -0.05) is 49.7 Å². The number of hydrogen-bond acceptors (Lipinski definition) is 4. The van der Waals surface area contributed by atoms with Crippen molar-refractivity contribution in [3.8, 4) is 0 Å². The highest BCUT2D eigenvalue weighted by Gasteiger charge is 2.31. The van der Waals surface area contributed by atoms with Gasteiger partial charge in [-0.05, 0) is 43.5 Å².